The molecule has 150 valence electrons. The van der Waals surface area contributed by atoms with Gasteiger partial charge in [0.1, 0.15) is 11.6 Å². The number of hydrogen-bond acceptors (Lipinski definition) is 5. The van der Waals surface area contributed by atoms with Gasteiger partial charge in [-0.2, -0.15) is 4.98 Å². The van der Waals surface area contributed by atoms with E-state index in [9.17, 15) is 9.18 Å². The van der Waals surface area contributed by atoms with Crippen LogP contribution in [0.4, 0.5) is 16.2 Å². The molecule has 1 heterocycles. The van der Waals surface area contributed by atoms with Crippen molar-refractivity contribution in [3.63, 3.8) is 0 Å². The second-order valence-electron chi connectivity index (χ2n) is 7.38. The molecule has 0 radical (unpaired) electrons. The van der Waals surface area contributed by atoms with Gasteiger partial charge in [-0.25, -0.2) is 9.37 Å². The molecule has 0 bridgehead atoms. The molecule has 2 aromatic rings. The van der Waals surface area contributed by atoms with E-state index in [4.69, 9.17) is 0 Å². The Hall–Kier alpha value is -2.22. The Morgan fingerprint density at radius 2 is 1.82 bits per heavy atom. The van der Waals surface area contributed by atoms with Gasteiger partial charge in [-0.1, -0.05) is 0 Å². The summed E-state index contributed by atoms with van der Waals surface area (Å²) in [5.41, 5.74) is 1.38. The number of aryl methyl sites for hydroxylation is 1. The number of hydrogen-bond donors (Lipinski definition) is 2. The molecule has 6 nitrogen and oxygen atoms in total. The third-order valence-electron chi connectivity index (χ3n) is 4.84. The summed E-state index contributed by atoms with van der Waals surface area (Å²) >= 11 is 3.12. The van der Waals surface area contributed by atoms with Gasteiger partial charge in [0.25, 0.3) is 5.91 Å². The molecule has 28 heavy (non-hydrogen) atoms. The Labute approximate surface area is 173 Å². The van der Waals surface area contributed by atoms with Crippen LogP contribution in [-0.2, 0) is 0 Å². The van der Waals surface area contributed by atoms with Gasteiger partial charge in [-0.05, 0) is 66.7 Å². The van der Waals surface area contributed by atoms with Crippen LogP contribution in [0, 0.1) is 12.7 Å². The number of rotatable bonds is 5. The van der Waals surface area contributed by atoms with Crippen LogP contribution >= 0.6 is 15.9 Å². The van der Waals surface area contributed by atoms with E-state index in [0.29, 0.717) is 22.0 Å². The minimum absolute atomic E-state index is 0.124. The normalized spacial score (nSPS) is 19.2. The lowest BCUT2D eigenvalue weighted by molar-refractivity contribution is 0.0926. The largest absolute Gasteiger partial charge is 0.367 e. The Morgan fingerprint density at radius 1 is 1.14 bits per heavy atom. The molecular formula is C20H25BrFN5O. The molecule has 0 saturated heterocycles. The maximum absolute atomic E-state index is 13.3. The SMILES string of the molecule is Cc1cc(N[C@H]2CC[C@@H](NC(=O)c3ccc(F)c(Br)c3)CC2)nc(N(C)C)n1. The molecule has 1 aliphatic rings. The molecule has 0 unspecified atom stereocenters. The smallest absolute Gasteiger partial charge is 0.251 e. The molecular weight excluding hydrogens is 425 g/mol. The highest BCUT2D eigenvalue weighted by Gasteiger charge is 2.23. The molecule has 1 aromatic heterocycles. The van der Waals surface area contributed by atoms with Crippen LogP contribution in [0.15, 0.2) is 28.7 Å². The maximum atomic E-state index is 13.3. The molecule has 8 heteroatoms. The fourth-order valence-corrected chi connectivity index (χ4v) is 3.70. The number of carbonyl (C=O) groups is 1. The summed E-state index contributed by atoms with van der Waals surface area (Å²) in [5, 5.41) is 6.55. The minimum atomic E-state index is -0.375. The summed E-state index contributed by atoms with van der Waals surface area (Å²) in [4.78, 5) is 23.2. The van der Waals surface area contributed by atoms with E-state index in [1.807, 2.05) is 32.0 Å². The van der Waals surface area contributed by atoms with Crippen molar-refractivity contribution < 1.29 is 9.18 Å². The molecule has 0 atom stereocenters. The molecule has 2 N–H and O–H groups in total. The average Bonchev–Trinajstić information content (AvgIpc) is 2.65. The first-order valence-corrected chi connectivity index (χ1v) is 10.2. The van der Waals surface area contributed by atoms with Crippen molar-refractivity contribution in [1.82, 2.24) is 15.3 Å². The fourth-order valence-electron chi connectivity index (χ4n) is 3.32. The van der Waals surface area contributed by atoms with Gasteiger partial charge in [0, 0.05) is 43.5 Å². The number of halogens is 2. The molecule has 3 rings (SSSR count). The molecule has 1 saturated carbocycles. The van der Waals surface area contributed by atoms with Crippen LogP contribution in [0.3, 0.4) is 0 Å². The highest BCUT2D eigenvalue weighted by molar-refractivity contribution is 9.10. The van der Waals surface area contributed by atoms with Gasteiger partial charge < -0.3 is 15.5 Å². The lowest BCUT2D eigenvalue weighted by Crippen LogP contribution is -2.40. The molecule has 0 spiro atoms. The minimum Gasteiger partial charge on any atom is -0.367 e. The standard InChI is InChI=1S/C20H25BrFN5O/c1-12-10-18(26-20(23-12)27(2)3)24-14-5-7-15(8-6-14)25-19(28)13-4-9-17(22)16(21)11-13/h4,9-11,14-15H,5-8H2,1-3H3,(H,25,28)(H,23,24,26)/t14-,15+. The topological polar surface area (TPSA) is 70.2 Å². The second-order valence-corrected chi connectivity index (χ2v) is 8.24. The third kappa shape index (κ3) is 5.19. The predicted octanol–water partition coefficient (Wildman–Crippen LogP) is 3.91. The van der Waals surface area contributed by atoms with Crippen LogP contribution in [0.25, 0.3) is 0 Å². The number of amides is 1. The molecule has 1 aliphatic carbocycles. The lowest BCUT2D eigenvalue weighted by atomic mass is 9.91. The van der Waals surface area contributed by atoms with E-state index in [2.05, 4.69) is 36.5 Å². The summed E-state index contributed by atoms with van der Waals surface area (Å²) in [6, 6.07) is 6.70. The maximum Gasteiger partial charge on any atom is 0.251 e. The fraction of sp³-hybridized carbons (Fsp3) is 0.450. The van der Waals surface area contributed by atoms with Crippen LogP contribution < -0.4 is 15.5 Å². The Balaban J connectivity index is 1.53. The van der Waals surface area contributed by atoms with E-state index in [1.54, 1.807) is 0 Å². The average molecular weight is 450 g/mol. The van der Waals surface area contributed by atoms with E-state index < -0.39 is 0 Å². The Bertz CT molecular complexity index is 852. The molecule has 1 fully saturated rings. The van der Waals surface area contributed by atoms with Gasteiger partial charge in [-0.15, -0.1) is 0 Å². The second kappa shape index (κ2) is 8.86. The molecule has 1 amide bonds. The van der Waals surface area contributed by atoms with Crippen molar-refractivity contribution in [3.8, 4) is 0 Å². The van der Waals surface area contributed by atoms with Crippen molar-refractivity contribution in [2.24, 2.45) is 0 Å². The van der Waals surface area contributed by atoms with E-state index in [0.717, 1.165) is 37.2 Å². The lowest BCUT2D eigenvalue weighted by Gasteiger charge is -2.30. The van der Waals surface area contributed by atoms with Gasteiger partial charge in [0.2, 0.25) is 5.95 Å². The summed E-state index contributed by atoms with van der Waals surface area (Å²) in [7, 11) is 3.85. The number of anilines is 2. The zero-order valence-corrected chi connectivity index (χ0v) is 17.9. The third-order valence-corrected chi connectivity index (χ3v) is 5.45. The van der Waals surface area contributed by atoms with Gasteiger partial charge in [0.15, 0.2) is 0 Å². The summed E-state index contributed by atoms with van der Waals surface area (Å²) in [5.74, 6) is 0.980. The summed E-state index contributed by atoms with van der Waals surface area (Å²) < 4.78 is 13.6. The first kappa shape index (κ1) is 20.5. The van der Waals surface area contributed by atoms with Crippen molar-refractivity contribution >= 4 is 33.6 Å². The first-order valence-electron chi connectivity index (χ1n) is 9.37. The van der Waals surface area contributed by atoms with Crippen LogP contribution in [0.2, 0.25) is 0 Å². The summed E-state index contributed by atoms with van der Waals surface area (Å²) in [6.45, 7) is 1.96. The van der Waals surface area contributed by atoms with E-state index in [-0.39, 0.29) is 17.8 Å². The van der Waals surface area contributed by atoms with Crippen molar-refractivity contribution in [2.45, 2.75) is 44.7 Å². The van der Waals surface area contributed by atoms with Crippen LogP contribution in [0.1, 0.15) is 41.7 Å². The van der Waals surface area contributed by atoms with E-state index >= 15 is 0 Å². The number of benzene rings is 1. The highest BCUT2D eigenvalue weighted by Crippen LogP contribution is 2.23. The number of aromatic nitrogens is 2. The van der Waals surface area contributed by atoms with Crippen molar-refractivity contribution in [2.75, 3.05) is 24.3 Å². The Morgan fingerprint density at radius 3 is 2.46 bits per heavy atom. The molecule has 0 aliphatic heterocycles. The monoisotopic (exact) mass is 449 g/mol. The van der Waals surface area contributed by atoms with Crippen molar-refractivity contribution in [1.29, 1.82) is 0 Å². The van der Waals surface area contributed by atoms with Gasteiger partial charge >= 0.3 is 0 Å². The van der Waals surface area contributed by atoms with Gasteiger partial charge in [0.05, 0.1) is 4.47 Å². The molecule has 1 aromatic carbocycles. The van der Waals surface area contributed by atoms with Crippen molar-refractivity contribution in [3.05, 3.63) is 45.8 Å². The zero-order chi connectivity index (χ0) is 20.3. The van der Waals surface area contributed by atoms with Crippen LogP contribution in [0.5, 0.6) is 0 Å². The predicted molar refractivity (Wildman–Crippen MR) is 112 cm³/mol. The van der Waals surface area contributed by atoms with Crippen LogP contribution in [-0.4, -0.2) is 42.1 Å². The van der Waals surface area contributed by atoms with Gasteiger partial charge in [-0.3, -0.25) is 4.79 Å². The zero-order valence-electron chi connectivity index (χ0n) is 16.3. The highest BCUT2D eigenvalue weighted by atomic mass is 79.9. The number of carbonyl (C=O) groups excluding carboxylic acids is 1. The number of nitrogens with zero attached hydrogens (tertiary/aromatic N) is 3. The number of nitrogens with one attached hydrogen (secondary N) is 2. The Kier molecular flexibility index (Phi) is 6.49. The van der Waals surface area contributed by atoms with E-state index in [1.165, 1.54) is 18.2 Å². The quantitative estimate of drug-likeness (QED) is 0.723. The first-order chi connectivity index (χ1) is 13.3. The summed E-state index contributed by atoms with van der Waals surface area (Å²) in [6.07, 6.45) is 3.66.